The molecule has 0 saturated carbocycles. The summed E-state index contributed by atoms with van der Waals surface area (Å²) in [6, 6.07) is -0.823. The molecule has 52 heavy (non-hydrogen) atoms. The van der Waals surface area contributed by atoms with E-state index in [2.05, 4.69) is 0 Å². The molecule has 17 atom stereocenters. The molecule has 0 aromatic carbocycles. The summed E-state index contributed by atoms with van der Waals surface area (Å²) in [4.78, 5) is 31.1. The van der Waals surface area contributed by atoms with Crippen molar-refractivity contribution < 1.29 is 58.4 Å². The molecule has 0 unspecified atom stereocenters. The van der Waals surface area contributed by atoms with Crippen molar-refractivity contribution in [3.05, 3.63) is 0 Å². The number of likely N-dealkylation sites (N-methyl/N-ethyl adjacent to an activating group) is 2. The second kappa shape index (κ2) is 17.7. The minimum atomic E-state index is -1.81. The highest BCUT2D eigenvalue weighted by Crippen LogP contribution is 2.39. The van der Waals surface area contributed by atoms with Gasteiger partial charge in [-0.3, -0.25) is 9.59 Å². The molecule has 0 aliphatic carbocycles. The molecule has 0 aromatic heterocycles. The number of rotatable bonds is 7. The number of cyclic esters (lactones) is 1. The van der Waals surface area contributed by atoms with Gasteiger partial charge >= 0.3 is 5.97 Å². The van der Waals surface area contributed by atoms with Crippen molar-refractivity contribution in [2.24, 2.45) is 17.8 Å². The Kier molecular flexibility index (Phi) is 15.3. The molecule has 0 aromatic rings. The van der Waals surface area contributed by atoms with Crippen LogP contribution >= 0.6 is 0 Å². The number of Topliss-reactive ketones (excluding diaryl/α,β-unsaturated/α-hetero) is 1. The van der Waals surface area contributed by atoms with E-state index in [0.717, 1.165) is 0 Å². The van der Waals surface area contributed by atoms with E-state index < -0.39 is 89.9 Å². The number of aliphatic hydroxyl groups is 4. The molecule has 304 valence electrons. The summed E-state index contributed by atoms with van der Waals surface area (Å²) in [6.07, 6.45) is -7.72. The number of nitrogens with zero attached hydrogens (tertiary/aromatic N) is 2. The molecular weight excluding hydrogens is 676 g/mol. The van der Waals surface area contributed by atoms with Crippen molar-refractivity contribution in [2.45, 2.75) is 179 Å². The normalized spacial score (nSPS) is 48.2. The van der Waals surface area contributed by atoms with Crippen LogP contribution in [0.25, 0.3) is 0 Å². The molecule has 3 aliphatic rings. The summed E-state index contributed by atoms with van der Waals surface area (Å²) in [5, 5.41) is 47.2. The van der Waals surface area contributed by atoms with Gasteiger partial charge < -0.3 is 58.6 Å². The summed E-state index contributed by atoms with van der Waals surface area (Å²) in [6.45, 7) is 17.8. The van der Waals surface area contributed by atoms with Crippen LogP contribution in [0.3, 0.4) is 0 Å². The number of esters is 1. The number of hydrogen-bond donors (Lipinski definition) is 4. The highest BCUT2D eigenvalue weighted by molar-refractivity contribution is 5.91. The maximum Gasteiger partial charge on any atom is 0.311 e. The zero-order valence-corrected chi connectivity index (χ0v) is 34.1. The van der Waals surface area contributed by atoms with Crippen LogP contribution in [0.15, 0.2) is 0 Å². The summed E-state index contributed by atoms with van der Waals surface area (Å²) in [5.74, 6) is -2.90. The molecule has 14 heteroatoms. The van der Waals surface area contributed by atoms with Gasteiger partial charge in [0.15, 0.2) is 18.4 Å². The zero-order chi connectivity index (χ0) is 39.7. The van der Waals surface area contributed by atoms with E-state index in [1.807, 2.05) is 44.8 Å². The van der Waals surface area contributed by atoms with Crippen LogP contribution in [0.2, 0.25) is 0 Å². The first-order chi connectivity index (χ1) is 23.9. The largest absolute Gasteiger partial charge is 0.459 e. The van der Waals surface area contributed by atoms with Crippen LogP contribution in [0, 0.1) is 17.8 Å². The van der Waals surface area contributed by atoms with Crippen LogP contribution in [0.5, 0.6) is 0 Å². The van der Waals surface area contributed by atoms with Crippen molar-refractivity contribution >= 4 is 11.8 Å². The monoisotopic (exact) mass is 746 g/mol. The van der Waals surface area contributed by atoms with Gasteiger partial charge in [0.05, 0.1) is 29.8 Å². The van der Waals surface area contributed by atoms with Gasteiger partial charge in [-0.05, 0) is 94.8 Å². The number of carbonyl (C=O) groups excluding carboxylic acids is 2. The fourth-order valence-corrected chi connectivity index (χ4v) is 8.59. The average Bonchev–Trinajstić information content (AvgIpc) is 3.05. The molecule has 3 aliphatic heterocycles. The Morgan fingerprint density at radius 1 is 0.962 bits per heavy atom. The summed E-state index contributed by atoms with van der Waals surface area (Å²) in [5.41, 5.74) is -4.59. The molecule has 3 fully saturated rings. The number of ether oxygens (including phenoxy) is 6. The smallest absolute Gasteiger partial charge is 0.311 e. The van der Waals surface area contributed by atoms with Gasteiger partial charge in [-0.2, -0.15) is 0 Å². The van der Waals surface area contributed by atoms with Gasteiger partial charge in [-0.25, -0.2) is 0 Å². The molecule has 0 radical (unpaired) electrons. The molecule has 3 heterocycles. The predicted molar refractivity (Wildman–Crippen MR) is 193 cm³/mol. The van der Waals surface area contributed by atoms with E-state index >= 15 is 0 Å². The van der Waals surface area contributed by atoms with Crippen molar-refractivity contribution in [3.63, 3.8) is 0 Å². The van der Waals surface area contributed by atoms with E-state index in [1.165, 1.54) is 14.0 Å². The Balaban J connectivity index is 2.18. The first-order valence-corrected chi connectivity index (χ1v) is 19.0. The number of carbonyl (C=O) groups is 2. The van der Waals surface area contributed by atoms with E-state index in [-0.39, 0.29) is 43.1 Å². The molecule has 14 nitrogen and oxygen atoms in total. The third-order valence-corrected chi connectivity index (χ3v) is 12.0. The lowest BCUT2D eigenvalue weighted by Crippen LogP contribution is -2.60. The molecule has 4 N–H and O–H groups in total. The van der Waals surface area contributed by atoms with Crippen LogP contribution < -0.4 is 0 Å². The van der Waals surface area contributed by atoms with Crippen LogP contribution in [-0.4, -0.2) is 161 Å². The Morgan fingerprint density at radius 3 is 2.13 bits per heavy atom. The van der Waals surface area contributed by atoms with Gasteiger partial charge in [0.25, 0.3) is 0 Å². The van der Waals surface area contributed by atoms with Gasteiger partial charge in [-0.1, -0.05) is 20.8 Å². The quantitative estimate of drug-likeness (QED) is 0.279. The number of aliphatic hydroxyl groups excluding tert-OH is 2. The molecular formula is C38H70N2O12. The Labute approximate surface area is 311 Å². The molecule has 3 saturated heterocycles. The van der Waals surface area contributed by atoms with Crippen molar-refractivity contribution in [1.82, 2.24) is 9.80 Å². The highest BCUT2D eigenvalue weighted by atomic mass is 16.7. The average molecular weight is 747 g/mol. The molecule has 0 bridgehead atoms. The number of methoxy groups -OCH3 is 1. The minimum Gasteiger partial charge on any atom is -0.459 e. The first-order valence-electron chi connectivity index (χ1n) is 19.0. The Bertz CT molecular complexity index is 1190. The second-order valence-corrected chi connectivity index (χ2v) is 16.9. The lowest BCUT2D eigenvalue weighted by molar-refractivity contribution is -0.307. The van der Waals surface area contributed by atoms with Crippen LogP contribution in [-0.2, 0) is 38.0 Å². The lowest BCUT2D eigenvalue weighted by atomic mass is 9.77. The second-order valence-electron chi connectivity index (χ2n) is 16.9. The Hall–Kier alpha value is -1.30. The van der Waals surface area contributed by atoms with Crippen molar-refractivity contribution in [3.8, 4) is 0 Å². The van der Waals surface area contributed by atoms with Gasteiger partial charge in [0, 0.05) is 38.1 Å². The highest BCUT2D eigenvalue weighted by Gasteiger charge is 2.52. The van der Waals surface area contributed by atoms with E-state index in [4.69, 9.17) is 28.4 Å². The van der Waals surface area contributed by atoms with E-state index in [1.54, 1.807) is 48.5 Å². The fraction of sp³-hybridized carbons (Fsp3) is 0.947. The van der Waals surface area contributed by atoms with Crippen molar-refractivity contribution in [1.29, 1.82) is 0 Å². The van der Waals surface area contributed by atoms with Gasteiger partial charge in [0.1, 0.15) is 35.6 Å². The fourth-order valence-electron chi connectivity index (χ4n) is 8.59. The predicted octanol–water partition coefficient (Wildman–Crippen LogP) is 2.11. The topological polar surface area (TPSA) is 177 Å². The van der Waals surface area contributed by atoms with E-state index in [0.29, 0.717) is 13.0 Å². The zero-order valence-electron chi connectivity index (χ0n) is 34.1. The molecule has 0 spiro atoms. The number of ketones is 1. The summed E-state index contributed by atoms with van der Waals surface area (Å²) < 4.78 is 37.2. The number of hydrogen-bond acceptors (Lipinski definition) is 14. The van der Waals surface area contributed by atoms with Crippen LogP contribution in [0.4, 0.5) is 0 Å². The third kappa shape index (κ3) is 9.92. The van der Waals surface area contributed by atoms with Gasteiger partial charge in [-0.15, -0.1) is 0 Å². The SMILES string of the molecule is CC[C@H]1OC(=O)[C@H](C)[C@@H](O[C@H]2C[C@@](C)(OC)C(=O)[C@H](C)O2)[C@H](C)[C@@H](O[C@@H]2O[C@H](C)C[C@H](N(C)C)[C@H]2O)[C@](C)(O)C[C@@H](C)CN(C)[C@H](C)[C@@H](O)[C@]1(C)O. The summed E-state index contributed by atoms with van der Waals surface area (Å²) >= 11 is 0. The summed E-state index contributed by atoms with van der Waals surface area (Å²) in [7, 11) is 7.04. The Morgan fingerprint density at radius 2 is 1.58 bits per heavy atom. The van der Waals surface area contributed by atoms with E-state index in [9.17, 15) is 30.0 Å². The third-order valence-electron chi connectivity index (χ3n) is 12.0. The lowest BCUT2D eigenvalue weighted by Gasteiger charge is -2.48. The van der Waals surface area contributed by atoms with Crippen molar-refractivity contribution in [2.75, 3.05) is 34.8 Å². The molecule has 0 amide bonds. The maximum atomic E-state index is 14.2. The van der Waals surface area contributed by atoms with Crippen LogP contribution in [0.1, 0.15) is 94.9 Å². The molecule has 3 rings (SSSR count). The minimum absolute atomic E-state index is 0.0335. The first kappa shape index (κ1) is 45.1. The van der Waals surface area contributed by atoms with Gasteiger partial charge in [0.2, 0.25) is 0 Å². The standard InChI is InChI=1S/C38H70N2O12/c1-15-27-38(10,46)31(42)24(6)40(13)19-20(2)17-36(8,45)33(52-35-29(41)26(39(11)12)16-21(3)48-35)22(4)30(23(5)34(44)50-27)51-28-18-37(9,47-14)32(43)25(7)49-28/h20-31,33,35,41-42,45-46H,15-19H2,1-14H3/t20-,21-,22+,23-,24-,25+,26+,27-,28+,29-,30+,31-,33-,35+,36-,37-,38-/m1/s1. The maximum absolute atomic E-state index is 14.2.